The number of nitrogens with zero attached hydrogens (tertiary/aromatic N) is 3. The van der Waals surface area contributed by atoms with Crippen molar-refractivity contribution in [2.45, 2.75) is 12.7 Å². The Kier molecular flexibility index (Phi) is 6.94. The minimum Gasteiger partial charge on any atom is -0.493 e. The van der Waals surface area contributed by atoms with Gasteiger partial charge < -0.3 is 10.1 Å². The Morgan fingerprint density at radius 2 is 1.91 bits per heavy atom. The van der Waals surface area contributed by atoms with Gasteiger partial charge in [0, 0.05) is 36.8 Å². The molecule has 1 N–H and O–H groups in total. The molecule has 2 aromatic carbocycles. The van der Waals surface area contributed by atoms with E-state index >= 15 is 0 Å². The van der Waals surface area contributed by atoms with Crippen molar-refractivity contribution in [2.24, 2.45) is 0 Å². The minimum atomic E-state index is -4.48. The average Bonchev–Trinajstić information content (AvgIpc) is 3.25. The number of carbonyl (C=O) groups is 1. The molecular weight excluding hydrogens is 453 g/mol. The van der Waals surface area contributed by atoms with E-state index in [0.29, 0.717) is 12.2 Å². The second-order valence-corrected chi connectivity index (χ2v) is 8.76. The number of anilines is 1. The van der Waals surface area contributed by atoms with Crippen molar-refractivity contribution in [1.82, 2.24) is 14.7 Å². The van der Waals surface area contributed by atoms with Crippen molar-refractivity contribution in [2.75, 3.05) is 37.0 Å². The number of ether oxygens (including phenoxy) is 1. The molecule has 0 unspecified atom stereocenters. The van der Waals surface area contributed by atoms with Gasteiger partial charge in [0.15, 0.2) is 11.4 Å². The molecule has 0 saturated carbocycles. The smallest absolute Gasteiger partial charge is 0.416 e. The van der Waals surface area contributed by atoms with E-state index in [1.165, 1.54) is 30.1 Å². The van der Waals surface area contributed by atoms with Crippen LogP contribution in [0.4, 0.5) is 18.9 Å². The Morgan fingerprint density at radius 1 is 1.15 bits per heavy atom. The monoisotopic (exact) mass is 476 g/mol. The van der Waals surface area contributed by atoms with Gasteiger partial charge in [0.05, 0.1) is 24.6 Å². The third-order valence-electron chi connectivity index (χ3n) is 5.32. The summed E-state index contributed by atoms with van der Waals surface area (Å²) >= 11 is 1.93. The van der Waals surface area contributed by atoms with Gasteiger partial charge in [-0.3, -0.25) is 9.69 Å². The van der Waals surface area contributed by atoms with Crippen molar-refractivity contribution in [3.05, 3.63) is 71.5 Å². The van der Waals surface area contributed by atoms with Crippen LogP contribution in [-0.4, -0.2) is 52.3 Å². The topological polar surface area (TPSA) is 59.4 Å². The largest absolute Gasteiger partial charge is 0.493 e. The first-order valence-electron chi connectivity index (χ1n) is 10.4. The summed E-state index contributed by atoms with van der Waals surface area (Å²) in [5.41, 5.74) is 1.00. The van der Waals surface area contributed by atoms with Crippen LogP contribution < -0.4 is 10.1 Å². The number of hydrogen-bond acceptors (Lipinski definition) is 5. The fourth-order valence-corrected chi connectivity index (χ4v) is 4.56. The lowest BCUT2D eigenvalue weighted by molar-refractivity contribution is -0.137. The van der Waals surface area contributed by atoms with E-state index < -0.39 is 17.6 Å². The molecule has 174 valence electrons. The highest BCUT2D eigenvalue weighted by molar-refractivity contribution is 7.99. The molecule has 1 saturated heterocycles. The predicted octanol–water partition coefficient (Wildman–Crippen LogP) is 4.70. The van der Waals surface area contributed by atoms with Crippen LogP contribution in [0.5, 0.6) is 5.75 Å². The molecule has 10 heteroatoms. The number of methoxy groups -OCH3 is 1. The summed E-state index contributed by atoms with van der Waals surface area (Å²) in [7, 11) is 1.38. The highest BCUT2D eigenvalue weighted by atomic mass is 32.2. The fourth-order valence-electron chi connectivity index (χ4n) is 3.58. The van der Waals surface area contributed by atoms with Gasteiger partial charge >= 0.3 is 6.18 Å². The van der Waals surface area contributed by atoms with Crippen LogP contribution in [0.25, 0.3) is 5.69 Å². The first kappa shape index (κ1) is 23.2. The van der Waals surface area contributed by atoms with Crippen molar-refractivity contribution >= 4 is 23.4 Å². The zero-order valence-electron chi connectivity index (χ0n) is 17.9. The molecular formula is C23H23F3N4O2S. The first-order valence-corrected chi connectivity index (χ1v) is 11.5. The molecule has 2 heterocycles. The van der Waals surface area contributed by atoms with Crippen molar-refractivity contribution in [3.8, 4) is 11.4 Å². The maximum atomic E-state index is 13.1. The van der Waals surface area contributed by atoms with Gasteiger partial charge in [-0.1, -0.05) is 24.3 Å². The number of hydrogen-bond donors (Lipinski definition) is 1. The number of aromatic nitrogens is 2. The van der Waals surface area contributed by atoms with Gasteiger partial charge in [-0.2, -0.15) is 30.0 Å². The molecule has 1 fully saturated rings. The van der Waals surface area contributed by atoms with Crippen LogP contribution in [0.1, 0.15) is 21.6 Å². The van der Waals surface area contributed by atoms with Crippen LogP contribution >= 0.6 is 11.8 Å². The summed E-state index contributed by atoms with van der Waals surface area (Å²) in [6.45, 7) is 2.69. The molecule has 1 aliphatic heterocycles. The second kappa shape index (κ2) is 9.88. The molecule has 3 aromatic rings. The number of carbonyl (C=O) groups excluding carboxylic acids is 1. The normalized spacial score (nSPS) is 14.8. The van der Waals surface area contributed by atoms with E-state index in [9.17, 15) is 18.0 Å². The fraction of sp³-hybridized carbons (Fsp3) is 0.304. The Hall–Kier alpha value is -2.98. The Morgan fingerprint density at radius 3 is 2.64 bits per heavy atom. The van der Waals surface area contributed by atoms with Crippen molar-refractivity contribution in [1.29, 1.82) is 0 Å². The highest BCUT2D eigenvalue weighted by Crippen LogP contribution is 2.31. The number of halogens is 3. The molecule has 6 nitrogen and oxygen atoms in total. The molecule has 0 radical (unpaired) electrons. The number of nitrogens with one attached hydrogen (secondary N) is 1. The molecule has 1 aliphatic rings. The number of para-hydroxylation sites is 1. The molecule has 0 bridgehead atoms. The summed E-state index contributed by atoms with van der Waals surface area (Å²) in [6.07, 6.45) is -3.09. The van der Waals surface area contributed by atoms with Crippen LogP contribution in [0.3, 0.4) is 0 Å². The Labute approximate surface area is 193 Å². The average molecular weight is 477 g/mol. The quantitative estimate of drug-likeness (QED) is 0.559. The molecule has 0 spiro atoms. The lowest BCUT2D eigenvalue weighted by atomic mass is 10.1. The summed E-state index contributed by atoms with van der Waals surface area (Å²) in [5.74, 6) is 1.83. The molecule has 33 heavy (non-hydrogen) atoms. The number of rotatable bonds is 6. The molecule has 4 rings (SSSR count). The first-order chi connectivity index (χ1) is 15.8. The van der Waals surface area contributed by atoms with E-state index in [4.69, 9.17) is 4.74 Å². The van der Waals surface area contributed by atoms with Gasteiger partial charge in [-0.05, 0) is 29.8 Å². The van der Waals surface area contributed by atoms with Gasteiger partial charge in [0.2, 0.25) is 0 Å². The third-order valence-corrected chi connectivity index (χ3v) is 6.26. The number of amides is 1. The number of alkyl halides is 3. The lowest BCUT2D eigenvalue weighted by Gasteiger charge is -2.27. The van der Waals surface area contributed by atoms with Gasteiger partial charge in [0.1, 0.15) is 0 Å². The molecule has 1 aromatic heterocycles. The summed E-state index contributed by atoms with van der Waals surface area (Å²) in [4.78, 5) is 15.4. The van der Waals surface area contributed by atoms with Crippen LogP contribution in [0, 0.1) is 0 Å². The van der Waals surface area contributed by atoms with Crippen LogP contribution in [0.2, 0.25) is 0 Å². The molecule has 0 atom stereocenters. The summed E-state index contributed by atoms with van der Waals surface area (Å²) in [5, 5.41) is 7.10. The summed E-state index contributed by atoms with van der Waals surface area (Å²) in [6, 6.07) is 12.3. The predicted molar refractivity (Wildman–Crippen MR) is 122 cm³/mol. The SMILES string of the molecule is COc1cn(-c2cccc(C(F)(F)F)c2)nc1C(=O)Nc1ccccc1CN1CCSCC1. The van der Waals surface area contributed by atoms with E-state index in [0.717, 1.165) is 42.3 Å². The van der Waals surface area contributed by atoms with Gasteiger partial charge in [-0.15, -0.1) is 0 Å². The maximum Gasteiger partial charge on any atom is 0.416 e. The zero-order chi connectivity index (χ0) is 23.4. The van der Waals surface area contributed by atoms with E-state index in [2.05, 4.69) is 15.3 Å². The van der Waals surface area contributed by atoms with E-state index in [1.807, 2.05) is 36.0 Å². The number of benzene rings is 2. The molecule has 0 aliphatic carbocycles. The Bertz CT molecular complexity index is 1130. The lowest BCUT2D eigenvalue weighted by Crippen LogP contribution is -2.32. The van der Waals surface area contributed by atoms with Crippen LogP contribution in [0.15, 0.2) is 54.7 Å². The minimum absolute atomic E-state index is 0.0147. The van der Waals surface area contributed by atoms with Gasteiger partial charge in [-0.25, -0.2) is 4.68 Å². The maximum absolute atomic E-state index is 13.1. The number of thioether (sulfide) groups is 1. The van der Waals surface area contributed by atoms with Crippen molar-refractivity contribution < 1.29 is 22.7 Å². The standard InChI is InChI=1S/C23H23F3N4O2S/c1-32-20-15-30(18-7-4-6-17(13-18)23(24,25)26)28-21(20)22(31)27-19-8-3-2-5-16(19)14-29-9-11-33-12-10-29/h2-8,13,15H,9-12,14H2,1H3,(H,27,31). The Balaban J connectivity index is 1.57. The van der Waals surface area contributed by atoms with E-state index in [-0.39, 0.29) is 17.1 Å². The van der Waals surface area contributed by atoms with Crippen LogP contribution in [-0.2, 0) is 12.7 Å². The van der Waals surface area contributed by atoms with Crippen molar-refractivity contribution in [3.63, 3.8) is 0 Å². The summed E-state index contributed by atoms with van der Waals surface area (Å²) < 4.78 is 45.8. The third kappa shape index (κ3) is 5.51. The molecule has 1 amide bonds. The van der Waals surface area contributed by atoms with Gasteiger partial charge in [0.25, 0.3) is 5.91 Å². The highest BCUT2D eigenvalue weighted by Gasteiger charge is 2.31. The zero-order valence-corrected chi connectivity index (χ0v) is 18.7. The second-order valence-electron chi connectivity index (χ2n) is 7.54. The van der Waals surface area contributed by atoms with E-state index in [1.54, 1.807) is 0 Å².